The number of ketones is 1. The minimum Gasteiger partial charge on any atom is -0.490 e. The second-order valence-electron chi connectivity index (χ2n) is 4.67. The molecule has 0 aromatic heterocycles. The average Bonchev–Trinajstić information content (AvgIpc) is 2.71. The molecule has 0 fully saturated rings. The van der Waals surface area contributed by atoms with Crippen molar-refractivity contribution in [2.75, 3.05) is 18.9 Å². The number of nitrogen functional groups attached to an aromatic ring is 1. The van der Waals surface area contributed by atoms with E-state index in [1.165, 1.54) is 0 Å². The molecule has 1 aliphatic heterocycles. The van der Waals surface area contributed by atoms with E-state index in [9.17, 15) is 4.79 Å². The van der Waals surface area contributed by atoms with Gasteiger partial charge in [-0.1, -0.05) is 12.1 Å². The van der Waals surface area contributed by atoms with Crippen LogP contribution in [0.4, 0.5) is 5.69 Å². The van der Waals surface area contributed by atoms with Gasteiger partial charge in [0.25, 0.3) is 0 Å². The zero-order valence-electron chi connectivity index (χ0n) is 11.0. The molecule has 0 saturated heterocycles. The van der Waals surface area contributed by atoms with Crippen molar-refractivity contribution in [1.29, 1.82) is 0 Å². The van der Waals surface area contributed by atoms with E-state index >= 15 is 0 Å². The molecule has 1 heterocycles. The van der Waals surface area contributed by atoms with Crippen LogP contribution in [0.5, 0.6) is 11.5 Å². The van der Waals surface area contributed by atoms with Crippen molar-refractivity contribution in [2.24, 2.45) is 0 Å². The highest BCUT2D eigenvalue weighted by Gasteiger charge is 2.15. The zero-order valence-corrected chi connectivity index (χ0v) is 11.0. The largest absolute Gasteiger partial charge is 0.490 e. The smallest absolute Gasteiger partial charge is 0.193 e. The molecule has 20 heavy (non-hydrogen) atoms. The highest BCUT2D eigenvalue weighted by molar-refractivity contribution is 6.09. The molecular formula is C16H15NO3. The SMILES string of the molecule is Nc1cccc(C(=O)c2ccc3c(c2)OCCCO3)c1. The van der Waals surface area contributed by atoms with Crippen molar-refractivity contribution < 1.29 is 14.3 Å². The number of fused-ring (bicyclic) bond motifs is 1. The average molecular weight is 269 g/mol. The third-order valence-electron chi connectivity index (χ3n) is 3.16. The van der Waals surface area contributed by atoms with Crippen molar-refractivity contribution in [3.63, 3.8) is 0 Å². The number of anilines is 1. The van der Waals surface area contributed by atoms with E-state index < -0.39 is 0 Å². The number of rotatable bonds is 2. The summed E-state index contributed by atoms with van der Waals surface area (Å²) in [5, 5.41) is 0. The Bertz CT molecular complexity index is 652. The van der Waals surface area contributed by atoms with Crippen LogP contribution in [-0.4, -0.2) is 19.0 Å². The van der Waals surface area contributed by atoms with Gasteiger partial charge in [-0.2, -0.15) is 0 Å². The highest BCUT2D eigenvalue weighted by Crippen LogP contribution is 2.31. The van der Waals surface area contributed by atoms with Gasteiger partial charge in [-0.3, -0.25) is 4.79 Å². The Labute approximate surface area is 117 Å². The Morgan fingerprint density at radius 2 is 1.70 bits per heavy atom. The van der Waals surface area contributed by atoms with Crippen LogP contribution in [0.2, 0.25) is 0 Å². The molecule has 0 saturated carbocycles. The van der Waals surface area contributed by atoms with Crippen LogP contribution < -0.4 is 15.2 Å². The summed E-state index contributed by atoms with van der Waals surface area (Å²) >= 11 is 0. The Balaban J connectivity index is 1.94. The molecule has 1 aliphatic rings. The van der Waals surface area contributed by atoms with E-state index in [4.69, 9.17) is 15.2 Å². The van der Waals surface area contributed by atoms with Gasteiger partial charge in [0.15, 0.2) is 17.3 Å². The first kappa shape index (κ1) is 12.5. The summed E-state index contributed by atoms with van der Waals surface area (Å²) in [6.07, 6.45) is 0.840. The molecule has 102 valence electrons. The Hall–Kier alpha value is -2.49. The molecule has 3 rings (SSSR count). The van der Waals surface area contributed by atoms with Gasteiger partial charge in [0.05, 0.1) is 13.2 Å². The van der Waals surface area contributed by atoms with Crippen LogP contribution in [0.1, 0.15) is 22.3 Å². The van der Waals surface area contributed by atoms with Crippen LogP contribution in [-0.2, 0) is 0 Å². The molecule has 0 spiro atoms. The molecule has 4 heteroatoms. The lowest BCUT2D eigenvalue weighted by Crippen LogP contribution is -2.03. The van der Waals surface area contributed by atoms with Crippen molar-refractivity contribution >= 4 is 11.5 Å². The number of hydrogen-bond donors (Lipinski definition) is 1. The lowest BCUT2D eigenvalue weighted by molar-refractivity contribution is 0.103. The van der Waals surface area contributed by atoms with Gasteiger partial charge < -0.3 is 15.2 Å². The Kier molecular flexibility index (Phi) is 3.29. The van der Waals surface area contributed by atoms with Crippen molar-refractivity contribution in [3.8, 4) is 11.5 Å². The second kappa shape index (κ2) is 5.25. The summed E-state index contributed by atoms with van der Waals surface area (Å²) in [5.41, 5.74) is 7.42. The van der Waals surface area contributed by atoms with Crippen LogP contribution in [0.3, 0.4) is 0 Å². The Morgan fingerprint density at radius 3 is 2.50 bits per heavy atom. The lowest BCUT2D eigenvalue weighted by atomic mass is 10.0. The molecule has 4 nitrogen and oxygen atoms in total. The maximum atomic E-state index is 12.4. The zero-order chi connectivity index (χ0) is 13.9. The summed E-state index contributed by atoms with van der Waals surface area (Å²) in [6, 6.07) is 12.2. The fraction of sp³-hybridized carbons (Fsp3) is 0.188. The predicted octanol–water partition coefficient (Wildman–Crippen LogP) is 2.66. The van der Waals surface area contributed by atoms with Gasteiger partial charge in [-0.05, 0) is 30.3 Å². The first-order chi connectivity index (χ1) is 9.74. The first-order valence-electron chi connectivity index (χ1n) is 6.54. The molecule has 0 radical (unpaired) electrons. The van der Waals surface area contributed by atoms with Gasteiger partial charge >= 0.3 is 0 Å². The van der Waals surface area contributed by atoms with Gasteiger partial charge in [-0.25, -0.2) is 0 Å². The highest BCUT2D eigenvalue weighted by atomic mass is 16.5. The van der Waals surface area contributed by atoms with Gasteiger partial charge in [-0.15, -0.1) is 0 Å². The summed E-state index contributed by atoms with van der Waals surface area (Å²) in [6.45, 7) is 1.23. The molecule has 0 unspecified atom stereocenters. The number of hydrogen-bond acceptors (Lipinski definition) is 4. The summed E-state index contributed by atoms with van der Waals surface area (Å²) in [5.74, 6) is 1.23. The van der Waals surface area contributed by atoms with Crippen LogP contribution >= 0.6 is 0 Å². The first-order valence-corrected chi connectivity index (χ1v) is 6.54. The van der Waals surface area contributed by atoms with Crippen molar-refractivity contribution in [2.45, 2.75) is 6.42 Å². The normalized spacial score (nSPS) is 13.6. The van der Waals surface area contributed by atoms with E-state index in [0.29, 0.717) is 41.5 Å². The van der Waals surface area contributed by atoms with Crippen LogP contribution in [0.15, 0.2) is 42.5 Å². The van der Waals surface area contributed by atoms with Crippen LogP contribution in [0, 0.1) is 0 Å². The Morgan fingerprint density at radius 1 is 0.950 bits per heavy atom. The molecular weight excluding hydrogens is 254 g/mol. The van der Waals surface area contributed by atoms with E-state index in [2.05, 4.69) is 0 Å². The van der Waals surface area contributed by atoms with E-state index in [1.807, 2.05) is 0 Å². The van der Waals surface area contributed by atoms with E-state index in [1.54, 1.807) is 42.5 Å². The summed E-state index contributed by atoms with van der Waals surface area (Å²) < 4.78 is 11.1. The van der Waals surface area contributed by atoms with Gasteiger partial charge in [0.1, 0.15) is 0 Å². The van der Waals surface area contributed by atoms with Gasteiger partial charge in [0, 0.05) is 23.2 Å². The maximum Gasteiger partial charge on any atom is 0.193 e. The van der Waals surface area contributed by atoms with Crippen molar-refractivity contribution in [3.05, 3.63) is 53.6 Å². The van der Waals surface area contributed by atoms with Crippen LogP contribution in [0.25, 0.3) is 0 Å². The lowest BCUT2D eigenvalue weighted by Gasteiger charge is -2.09. The van der Waals surface area contributed by atoms with Gasteiger partial charge in [0.2, 0.25) is 0 Å². The fourth-order valence-corrected chi connectivity index (χ4v) is 2.15. The quantitative estimate of drug-likeness (QED) is 0.672. The van der Waals surface area contributed by atoms with E-state index in [0.717, 1.165) is 6.42 Å². The topological polar surface area (TPSA) is 61.6 Å². The fourth-order valence-electron chi connectivity index (χ4n) is 2.15. The second-order valence-corrected chi connectivity index (χ2v) is 4.67. The summed E-state index contributed by atoms with van der Waals surface area (Å²) in [7, 11) is 0. The number of carbonyl (C=O) groups is 1. The monoisotopic (exact) mass is 269 g/mol. The summed E-state index contributed by atoms with van der Waals surface area (Å²) in [4.78, 5) is 12.4. The predicted molar refractivity (Wildman–Crippen MR) is 76.3 cm³/mol. The molecule has 0 amide bonds. The standard InChI is InChI=1S/C16H15NO3/c17-13-4-1-3-11(9-13)16(18)12-5-6-14-15(10-12)20-8-2-7-19-14/h1,3-6,9-10H,2,7-8,17H2. The third-order valence-corrected chi connectivity index (χ3v) is 3.16. The minimum atomic E-state index is -0.0760. The third kappa shape index (κ3) is 2.45. The molecule has 0 bridgehead atoms. The number of carbonyl (C=O) groups excluding carboxylic acids is 1. The van der Waals surface area contributed by atoms with Crippen molar-refractivity contribution in [1.82, 2.24) is 0 Å². The molecule has 2 aromatic rings. The molecule has 2 aromatic carbocycles. The van der Waals surface area contributed by atoms with E-state index in [-0.39, 0.29) is 5.78 Å². The minimum absolute atomic E-state index is 0.0760. The molecule has 0 atom stereocenters. The number of nitrogens with two attached hydrogens (primary N) is 1. The number of benzene rings is 2. The maximum absolute atomic E-state index is 12.4. The molecule has 2 N–H and O–H groups in total. The number of ether oxygens (including phenoxy) is 2. The molecule has 0 aliphatic carbocycles.